The third-order valence-electron chi connectivity index (χ3n) is 4.77. The summed E-state index contributed by atoms with van der Waals surface area (Å²) in [6.45, 7) is 6.77. The van der Waals surface area contributed by atoms with Gasteiger partial charge in [0.1, 0.15) is 12.4 Å². The zero-order chi connectivity index (χ0) is 23.9. The maximum atomic E-state index is 12.1. The van der Waals surface area contributed by atoms with Crippen LogP contribution in [0.2, 0.25) is 0 Å². The summed E-state index contributed by atoms with van der Waals surface area (Å²) in [5.41, 5.74) is 6.33. The molecule has 0 atom stereocenters. The highest BCUT2D eigenvalue weighted by atomic mass is 16.5. The maximum absolute atomic E-state index is 12.1. The van der Waals surface area contributed by atoms with E-state index in [4.69, 9.17) is 9.47 Å². The summed E-state index contributed by atoms with van der Waals surface area (Å²) >= 11 is 0. The molecule has 1 amide bonds. The van der Waals surface area contributed by atoms with Gasteiger partial charge in [-0.1, -0.05) is 42.5 Å². The van der Waals surface area contributed by atoms with Gasteiger partial charge in [-0.05, 0) is 54.0 Å². The average molecular weight is 444 g/mol. The van der Waals surface area contributed by atoms with Crippen molar-refractivity contribution in [1.82, 2.24) is 5.32 Å². The lowest BCUT2D eigenvalue weighted by Gasteiger charge is -2.10. The van der Waals surface area contributed by atoms with Crippen LogP contribution in [0.3, 0.4) is 0 Å². The summed E-state index contributed by atoms with van der Waals surface area (Å²) in [5.74, 6) is 0.323. The molecule has 5 heteroatoms. The summed E-state index contributed by atoms with van der Waals surface area (Å²) in [6, 6.07) is 14.8. The first-order valence-corrected chi connectivity index (χ1v) is 10.6. The molecule has 1 aliphatic rings. The first kappa shape index (κ1) is 25.2. The molecule has 33 heavy (non-hydrogen) atoms. The van der Waals surface area contributed by atoms with E-state index in [1.165, 1.54) is 7.11 Å². The zero-order valence-electron chi connectivity index (χ0n) is 18.9. The van der Waals surface area contributed by atoms with E-state index in [1.807, 2.05) is 66.8 Å². The number of benzene rings is 2. The molecule has 0 aromatic heterocycles. The Morgan fingerprint density at radius 2 is 1.79 bits per heavy atom. The number of rotatable bonds is 9. The highest BCUT2D eigenvalue weighted by Gasteiger charge is 2.11. The van der Waals surface area contributed by atoms with E-state index in [0.717, 1.165) is 16.7 Å². The fraction of sp³-hybridized carbons (Fsp3) is 0.179. The largest absolute Gasteiger partial charge is 0.489 e. The Morgan fingerprint density at radius 3 is 2.55 bits per heavy atom. The van der Waals surface area contributed by atoms with Crippen molar-refractivity contribution in [3.63, 3.8) is 0 Å². The van der Waals surface area contributed by atoms with Crippen LogP contribution in [0.1, 0.15) is 27.9 Å². The Hall–Kier alpha value is -4.08. The minimum Gasteiger partial charge on any atom is -0.489 e. The van der Waals surface area contributed by atoms with E-state index in [9.17, 15) is 9.59 Å². The maximum Gasteiger partial charge on any atom is 0.338 e. The normalized spacial score (nSPS) is 11.5. The third kappa shape index (κ3) is 8.52. The number of hydrogen-bond acceptors (Lipinski definition) is 4. The predicted octanol–water partition coefficient (Wildman–Crippen LogP) is 5.11. The standard InChI is InChI=1S/C26H25NO4.C2H4/c1-30-26(29)24-11-7-6-10-22(24)19-31-23-15-12-20(13-16-23)14-17-25(28)27-18-21-8-4-2-3-5-9-21;1-2/h2,4-13,15-16H,14,17-19H2,1H3,(H,27,28);1-2H2. The van der Waals surface area contributed by atoms with Crippen LogP contribution in [0.25, 0.3) is 0 Å². The Morgan fingerprint density at radius 1 is 1.03 bits per heavy atom. The number of carbonyl (C=O) groups excluding carboxylic acids is 2. The predicted molar refractivity (Wildman–Crippen MR) is 131 cm³/mol. The number of allylic oxidation sites excluding steroid dienone is 3. The lowest BCUT2D eigenvalue weighted by Crippen LogP contribution is -2.25. The van der Waals surface area contributed by atoms with Gasteiger partial charge >= 0.3 is 5.97 Å². The molecule has 0 saturated heterocycles. The number of amides is 1. The Balaban J connectivity index is 0.00000187. The first-order valence-electron chi connectivity index (χ1n) is 10.6. The van der Waals surface area contributed by atoms with E-state index in [0.29, 0.717) is 30.7 Å². The van der Waals surface area contributed by atoms with E-state index < -0.39 is 0 Å². The van der Waals surface area contributed by atoms with Crippen LogP contribution in [-0.2, 0) is 22.6 Å². The molecular weight excluding hydrogens is 414 g/mol. The van der Waals surface area contributed by atoms with Crippen LogP contribution < -0.4 is 10.1 Å². The van der Waals surface area contributed by atoms with Gasteiger partial charge in [0.2, 0.25) is 5.91 Å². The third-order valence-corrected chi connectivity index (χ3v) is 4.77. The summed E-state index contributed by atoms with van der Waals surface area (Å²) in [7, 11) is 1.36. The van der Waals surface area contributed by atoms with Crippen molar-refractivity contribution in [3.8, 4) is 5.75 Å². The van der Waals surface area contributed by atoms with Crippen LogP contribution in [-0.4, -0.2) is 25.5 Å². The van der Waals surface area contributed by atoms with Crippen molar-refractivity contribution in [3.05, 3.63) is 120 Å². The molecule has 0 unspecified atom stereocenters. The van der Waals surface area contributed by atoms with E-state index >= 15 is 0 Å². The molecule has 0 fully saturated rings. The molecule has 1 aliphatic carbocycles. The molecule has 2 aromatic carbocycles. The quantitative estimate of drug-likeness (QED) is 0.332. The van der Waals surface area contributed by atoms with Gasteiger partial charge in [0.05, 0.1) is 12.7 Å². The second kappa shape index (κ2) is 14.1. The number of esters is 1. The number of hydrogen-bond donors (Lipinski definition) is 1. The van der Waals surface area contributed by atoms with Gasteiger partial charge in [0.15, 0.2) is 0 Å². The van der Waals surface area contributed by atoms with Gasteiger partial charge < -0.3 is 14.8 Å². The molecule has 0 aliphatic heterocycles. The lowest BCUT2D eigenvalue weighted by atomic mass is 10.1. The van der Waals surface area contributed by atoms with Gasteiger partial charge in [0, 0.05) is 18.5 Å². The van der Waals surface area contributed by atoms with Crippen molar-refractivity contribution in [2.24, 2.45) is 0 Å². The number of methoxy groups -OCH3 is 1. The molecule has 0 saturated carbocycles. The SMILES string of the molecule is C=C.COC(=O)c1ccccc1COc1ccc(CCC(=O)NCC2=CC=C=CC=C2)cc1. The Kier molecular flexibility index (Phi) is 10.7. The minimum absolute atomic E-state index is 0.00947. The van der Waals surface area contributed by atoms with Gasteiger partial charge in [-0.25, -0.2) is 4.79 Å². The number of nitrogens with one attached hydrogen (secondary N) is 1. The minimum atomic E-state index is -0.382. The average Bonchev–Trinajstić information content (AvgIpc) is 3.15. The van der Waals surface area contributed by atoms with E-state index in [-0.39, 0.29) is 18.5 Å². The van der Waals surface area contributed by atoms with Crippen molar-refractivity contribution in [2.45, 2.75) is 19.4 Å². The molecule has 0 spiro atoms. The fourth-order valence-corrected chi connectivity index (χ4v) is 3.03. The number of aryl methyl sites for hydroxylation is 1. The molecule has 2 aromatic rings. The second-order valence-electron chi connectivity index (χ2n) is 6.96. The summed E-state index contributed by atoms with van der Waals surface area (Å²) < 4.78 is 10.6. The highest BCUT2D eigenvalue weighted by molar-refractivity contribution is 5.90. The molecule has 5 nitrogen and oxygen atoms in total. The van der Waals surface area contributed by atoms with Crippen LogP contribution in [0.4, 0.5) is 0 Å². The molecule has 0 heterocycles. The molecule has 170 valence electrons. The summed E-state index contributed by atoms with van der Waals surface area (Å²) in [5, 5.41) is 2.94. The molecule has 0 radical (unpaired) electrons. The van der Waals surface area contributed by atoms with Crippen LogP contribution in [0.5, 0.6) is 5.75 Å². The van der Waals surface area contributed by atoms with Gasteiger partial charge in [-0.2, -0.15) is 0 Å². The Bertz CT molecular complexity index is 1060. The lowest BCUT2D eigenvalue weighted by molar-refractivity contribution is -0.120. The summed E-state index contributed by atoms with van der Waals surface area (Å²) in [4.78, 5) is 24.0. The number of ether oxygens (including phenoxy) is 2. The highest BCUT2D eigenvalue weighted by Crippen LogP contribution is 2.17. The topological polar surface area (TPSA) is 64.6 Å². The molecule has 1 N–H and O–H groups in total. The van der Waals surface area contributed by atoms with Crippen molar-refractivity contribution < 1.29 is 19.1 Å². The molecule has 3 rings (SSSR count). The van der Waals surface area contributed by atoms with E-state index in [1.54, 1.807) is 12.1 Å². The van der Waals surface area contributed by atoms with Crippen molar-refractivity contribution >= 4 is 11.9 Å². The van der Waals surface area contributed by atoms with Crippen molar-refractivity contribution in [1.29, 1.82) is 0 Å². The zero-order valence-corrected chi connectivity index (χ0v) is 18.9. The van der Waals surface area contributed by atoms with Crippen molar-refractivity contribution in [2.75, 3.05) is 13.7 Å². The first-order chi connectivity index (χ1) is 16.2. The number of carbonyl (C=O) groups is 2. The van der Waals surface area contributed by atoms with Gasteiger partial charge in [0.25, 0.3) is 0 Å². The van der Waals surface area contributed by atoms with Crippen LogP contribution >= 0.6 is 0 Å². The summed E-state index contributed by atoms with van der Waals surface area (Å²) in [6.07, 6.45) is 10.5. The molecule has 0 bridgehead atoms. The monoisotopic (exact) mass is 443 g/mol. The van der Waals surface area contributed by atoms with Crippen LogP contribution in [0.15, 0.2) is 103 Å². The second-order valence-corrected chi connectivity index (χ2v) is 6.96. The van der Waals surface area contributed by atoms with Crippen LogP contribution in [0, 0.1) is 0 Å². The fourth-order valence-electron chi connectivity index (χ4n) is 3.03. The molecular formula is C28H29NO4. The van der Waals surface area contributed by atoms with E-state index in [2.05, 4.69) is 24.2 Å². The van der Waals surface area contributed by atoms with Gasteiger partial charge in [-0.15, -0.1) is 18.9 Å². The smallest absolute Gasteiger partial charge is 0.338 e. The van der Waals surface area contributed by atoms with Gasteiger partial charge in [-0.3, -0.25) is 4.79 Å². The Labute approximate surface area is 195 Å².